The zero-order valence-electron chi connectivity index (χ0n) is 13.9. The largest absolute Gasteiger partial charge is 0.417 e. The first-order valence-electron chi connectivity index (χ1n) is 8.13. The molecule has 0 radical (unpaired) electrons. The molecule has 1 aromatic carbocycles. The number of hydrogen-bond donors (Lipinski definition) is 0. The van der Waals surface area contributed by atoms with Crippen LogP contribution in [0, 0.1) is 0 Å². The maximum absolute atomic E-state index is 13.3. The Morgan fingerprint density at radius 2 is 1.77 bits per heavy atom. The Balaban J connectivity index is 0.00000121. The molecule has 0 N–H and O–H groups in total. The monoisotopic (exact) mass is 405 g/mol. The van der Waals surface area contributed by atoms with Gasteiger partial charge in [0.15, 0.2) is 0 Å². The van der Waals surface area contributed by atoms with Gasteiger partial charge in [-0.3, -0.25) is 9.88 Å². The molecule has 2 aliphatic rings. The van der Waals surface area contributed by atoms with Crippen molar-refractivity contribution in [1.29, 1.82) is 0 Å². The lowest BCUT2D eigenvalue weighted by Gasteiger charge is -2.36. The van der Waals surface area contributed by atoms with E-state index in [1.54, 1.807) is 12.3 Å². The molecular formula is C18H20Cl2F3N3. The standard InChI is InChI=1S/C18H18F3N3.2ClH/c19-18(20,21)17-4-2-1-3-16(17)13-9-15(11-22-10-13)24-8-7-23-6-5-14(24)12-23;;/h1-4,9-11,14H,5-8,12H2;2*1H. The van der Waals surface area contributed by atoms with Crippen molar-refractivity contribution in [2.75, 3.05) is 31.1 Å². The number of aromatic nitrogens is 1. The topological polar surface area (TPSA) is 19.4 Å². The lowest BCUT2D eigenvalue weighted by atomic mass is 10.00. The van der Waals surface area contributed by atoms with Crippen molar-refractivity contribution in [2.45, 2.75) is 18.6 Å². The molecule has 26 heavy (non-hydrogen) atoms. The van der Waals surface area contributed by atoms with Crippen molar-refractivity contribution in [3.8, 4) is 11.1 Å². The highest BCUT2D eigenvalue weighted by Gasteiger charge is 2.34. The van der Waals surface area contributed by atoms with Gasteiger partial charge in [-0.2, -0.15) is 13.2 Å². The summed E-state index contributed by atoms with van der Waals surface area (Å²) < 4.78 is 39.8. The van der Waals surface area contributed by atoms with E-state index in [2.05, 4.69) is 14.8 Å². The van der Waals surface area contributed by atoms with Gasteiger partial charge in [0, 0.05) is 44.0 Å². The quantitative estimate of drug-likeness (QED) is 0.732. The van der Waals surface area contributed by atoms with Crippen molar-refractivity contribution < 1.29 is 13.2 Å². The average Bonchev–Trinajstić information content (AvgIpc) is 2.95. The Morgan fingerprint density at radius 1 is 1.00 bits per heavy atom. The Labute approximate surface area is 163 Å². The molecule has 2 unspecified atom stereocenters. The molecule has 142 valence electrons. The van der Waals surface area contributed by atoms with Crippen molar-refractivity contribution in [2.24, 2.45) is 0 Å². The molecule has 0 aliphatic carbocycles. The van der Waals surface area contributed by atoms with Crippen molar-refractivity contribution in [3.63, 3.8) is 0 Å². The van der Waals surface area contributed by atoms with Crippen molar-refractivity contribution >= 4 is 30.5 Å². The third-order valence-electron chi connectivity index (χ3n) is 4.94. The van der Waals surface area contributed by atoms with Gasteiger partial charge in [-0.1, -0.05) is 18.2 Å². The van der Waals surface area contributed by atoms with Gasteiger partial charge in [0.1, 0.15) is 0 Å². The van der Waals surface area contributed by atoms with Crippen LogP contribution in [0.15, 0.2) is 42.7 Å². The molecule has 2 fully saturated rings. The minimum Gasteiger partial charge on any atom is -0.365 e. The third-order valence-corrected chi connectivity index (χ3v) is 4.94. The maximum atomic E-state index is 13.3. The summed E-state index contributed by atoms with van der Waals surface area (Å²) in [5, 5.41) is 0. The first kappa shape index (κ1) is 20.8. The molecule has 0 spiro atoms. The lowest BCUT2D eigenvalue weighted by molar-refractivity contribution is -0.137. The van der Waals surface area contributed by atoms with E-state index in [-0.39, 0.29) is 30.4 Å². The first-order valence-corrected chi connectivity index (χ1v) is 8.13. The number of pyridine rings is 1. The zero-order chi connectivity index (χ0) is 16.7. The molecule has 2 bridgehead atoms. The van der Waals surface area contributed by atoms with Gasteiger partial charge in [0.25, 0.3) is 0 Å². The number of anilines is 1. The van der Waals surface area contributed by atoms with Gasteiger partial charge >= 0.3 is 6.18 Å². The van der Waals surface area contributed by atoms with Crippen LogP contribution in [0.1, 0.15) is 12.0 Å². The highest BCUT2D eigenvalue weighted by atomic mass is 35.5. The van der Waals surface area contributed by atoms with Crippen LogP contribution in [-0.2, 0) is 6.18 Å². The summed E-state index contributed by atoms with van der Waals surface area (Å²) in [5.41, 5.74) is 0.996. The molecule has 0 saturated carbocycles. The van der Waals surface area contributed by atoms with E-state index in [4.69, 9.17) is 0 Å². The van der Waals surface area contributed by atoms with E-state index in [0.717, 1.165) is 44.4 Å². The fourth-order valence-electron chi connectivity index (χ4n) is 3.76. The summed E-state index contributed by atoms with van der Waals surface area (Å²) in [6, 6.07) is 7.96. The number of hydrogen-bond acceptors (Lipinski definition) is 3. The van der Waals surface area contributed by atoms with Crippen LogP contribution >= 0.6 is 24.8 Å². The molecule has 2 saturated heterocycles. The number of fused-ring (bicyclic) bond motifs is 2. The lowest BCUT2D eigenvalue weighted by Crippen LogP contribution is -2.46. The van der Waals surface area contributed by atoms with Gasteiger partial charge < -0.3 is 4.90 Å². The highest BCUT2D eigenvalue weighted by Crippen LogP contribution is 2.38. The molecule has 1 aromatic heterocycles. The number of halogens is 5. The molecule has 3 nitrogen and oxygen atoms in total. The van der Waals surface area contributed by atoms with Crippen LogP contribution in [0.4, 0.5) is 18.9 Å². The number of piperazine rings is 1. The Kier molecular flexibility index (Phi) is 6.42. The van der Waals surface area contributed by atoms with E-state index < -0.39 is 11.7 Å². The SMILES string of the molecule is Cl.Cl.FC(F)(F)c1ccccc1-c1cncc(N2CCN3CCC2C3)c1. The molecule has 8 heteroatoms. The smallest absolute Gasteiger partial charge is 0.365 e. The van der Waals surface area contributed by atoms with Gasteiger partial charge in [-0.05, 0) is 24.1 Å². The van der Waals surface area contributed by atoms with Crippen LogP contribution in [0.3, 0.4) is 0 Å². The fourth-order valence-corrected chi connectivity index (χ4v) is 3.76. The number of alkyl halides is 3. The Hall–Kier alpha value is -1.50. The summed E-state index contributed by atoms with van der Waals surface area (Å²) in [5.74, 6) is 0. The van der Waals surface area contributed by atoms with Crippen LogP contribution in [0.2, 0.25) is 0 Å². The fraction of sp³-hybridized carbons (Fsp3) is 0.389. The van der Waals surface area contributed by atoms with Gasteiger partial charge in [0.2, 0.25) is 0 Å². The molecular weight excluding hydrogens is 386 g/mol. The molecule has 0 amide bonds. The summed E-state index contributed by atoms with van der Waals surface area (Å²) in [6.45, 7) is 4.03. The van der Waals surface area contributed by atoms with E-state index in [9.17, 15) is 13.2 Å². The average molecular weight is 406 g/mol. The Bertz CT molecular complexity index is 754. The predicted octanol–water partition coefficient (Wildman–Crippen LogP) is 4.51. The summed E-state index contributed by atoms with van der Waals surface area (Å²) >= 11 is 0. The molecule has 2 aromatic rings. The summed E-state index contributed by atoms with van der Waals surface area (Å²) in [7, 11) is 0. The van der Waals surface area contributed by atoms with Crippen LogP contribution < -0.4 is 4.90 Å². The van der Waals surface area contributed by atoms with E-state index in [1.165, 1.54) is 18.3 Å². The number of nitrogens with zero attached hydrogens (tertiary/aromatic N) is 3. The third kappa shape index (κ3) is 3.92. The van der Waals surface area contributed by atoms with Gasteiger partial charge in [-0.25, -0.2) is 0 Å². The van der Waals surface area contributed by atoms with Crippen LogP contribution in [0.5, 0.6) is 0 Å². The van der Waals surface area contributed by atoms with Crippen LogP contribution in [0.25, 0.3) is 11.1 Å². The van der Waals surface area contributed by atoms with Crippen LogP contribution in [-0.4, -0.2) is 42.1 Å². The second kappa shape index (κ2) is 8.03. The van der Waals surface area contributed by atoms with E-state index in [0.29, 0.717) is 11.6 Å². The molecule has 2 atom stereocenters. The van der Waals surface area contributed by atoms with Gasteiger partial charge in [-0.15, -0.1) is 24.8 Å². The van der Waals surface area contributed by atoms with E-state index >= 15 is 0 Å². The maximum Gasteiger partial charge on any atom is 0.417 e. The summed E-state index contributed by atoms with van der Waals surface area (Å²) in [6.07, 6.45) is -0.000302. The summed E-state index contributed by atoms with van der Waals surface area (Å²) in [4.78, 5) is 8.93. The molecule has 4 rings (SSSR count). The normalized spacial score (nSPS) is 21.7. The van der Waals surface area contributed by atoms with Crippen molar-refractivity contribution in [3.05, 3.63) is 48.3 Å². The van der Waals surface area contributed by atoms with Crippen molar-refractivity contribution in [1.82, 2.24) is 9.88 Å². The predicted molar refractivity (Wildman–Crippen MR) is 101 cm³/mol. The number of benzene rings is 1. The first-order chi connectivity index (χ1) is 11.5. The highest BCUT2D eigenvalue weighted by molar-refractivity contribution is 5.85. The Morgan fingerprint density at radius 3 is 2.54 bits per heavy atom. The molecule has 2 aliphatic heterocycles. The second-order valence-corrected chi connectivity index (χ2v) is 6.41. The zero-order valence-corrected chi connectivity index (χ0v) is 15.6. The minimum absolute atomic E-state index is 0. The molecule has 3 heterocycles. The number of rotatable bonds is 2. The van der Waals surface area contributed by atoms with E-state index in [1.807, 2.05) is 6.07 Å². The second-order valence-electron chi connectivity index (χ2n) is 6.41. The minimum atomic E-state index is -4.37. The van der Waals surface area contributed by atoms with Gasteiger partial charge in [0.05, 0.1) is 17.4 Å².